The van der Waals surface area contributed by atoms with Crippen molar-refractivity contribution in [3.8, 4) is 0 Å². The molecule has 112 valence electrons. The third-order valence-corrected chi connectivity index (χ3v) is 4.78. The Balaban J connectivity index is 3.32. The summed E-state index contributed by atoms with van der Waals surface area (Å²) in [7, 11) is -3.99. The summed E-state index contributed by atoms with van der Waals surface area (Å²) in [5, 5.41) is 28.6. The fourth-order valence-electron chi connectivity index (χ4n) is 1.72. The molecule has 7 nitrogen and oxygen atoms in total. The molecule has 0 aliphatic carbocycles. The molecule has 20 heavy (non-hydrogen) atoms. The zero-order chi connectivity index (χ0) is 15.3. The first-order valence-electron chi connectivity index (χ1n) is 5.88. The fraction of sp³-hybridized carbons (Fsp3) is 0.417. The van der Waals surface area contributed by atoms with Crippen molar-refractivity contribution in [1.82, 2.24) is 4.31 Å². The number of aliphatic hydroxyl groups is 2. The van der Waals surface area contributed by atoms with E-state index in [1.165, 1.54) is 19.1 Å². The standard InChI is InChI=1S/C12H17NO6S/c1-9-2-3-10(12(16)17)8-11(9)20(18,19)13(4-6-14)5-7-15/h2-3,8,14-15H,4-7H2,1H3,(H,16,17)/p-1. The third kappa shape index (κ3) is 3.54. The van der Waals surface area contributed by atoms with Gasteiger partial charge in [-0.2, -0.15) is 4.31 Å². The van der Waals surface area contributed by atoms with Crippen molar-refractivity contribution in [2.24, 2.45) is 0 Å². The van der Waals surface area contributed by atoms with Gasteiger partial charge in [-0.05, 0) is 24.1 Å². The van der Waals surface area contributed by atoms with Crippen molar-refractivity contribution < 1.29 is 28.5 Å². The number of benzene rings is 1. The summed E-state index contributed by atoms with van der Waals surface area (Å²) in [5.41, 5.74) is 0.123. The zero-order valence-electron chi connectivity index (χ0n) is 10.9. The number of carbonyl (C=O) groups is 1. The summed E-state index contributed by atoms with van der Waals surface area (Å²) in [6, 6.07) is 3.64. The van der Waals surface area contributed by atoms with Gasteiger partial charge in [0.25, 0.3) is 0 Å². The maximum Gasteiger partial charge on any atom is 0.243 e. The van der Waals surface area contributed by atoms with Gasteiger partial charge in [0, 0.05) is 13.1 Å². The Labute approximate surface area is 117 Å². The Morgan fingerprint density at radius 1 is 1.25 bits per heavy atom. The van der Waals surface area contributed by atoms with Crippen molar-refractivity contribution in [3.05, 3.63) is 29.3 Å². The van der Waals surface area contributed by atoms with E-state index in [9.17, 15) is 18.3 Å². The van der Waals surface area contributed by atoms with E-state index in [0.29, 0.717) is 5.56 Å². The first kappa shape index (κ1) is 16.6. The molecule has 0 radical (unpaired) electrons. The second kappa shape index (κ2) is 6.80. The minimum absolute atomic E-state index is 0.180. The Kier molecular flexibility index (Phi) is 5.63. The van der Waals surface area contributed by atoms with Crippen LogP contribution in [0.3, 0.4) is 0 Å². The highest BCUT2D eigenvalue weighted by Crippen LogP contribution is 2.21. The van der Waals surface area contributed by atoms with E-state index in [0.717, 1.165) is 10.4 Å². The van der Waals surface area contributed by atoms with Crippen molar-refractivity contribution in [3.63, 3.8) is 0 Å². The van der Waals surface area contributed by atoms with Crippen LogP contribution in [0.4, 0.5) is 0 Å². The topological polar surface area (TPSA) is 118 Å². The molecule has 0 aromatic heterocycles. The maximum absolute atomic E-state index is 12.4. The van der Waals surface area contributed by atoms with E-state index >= 15 is 0 Å². The number of aryl methyl sites for hydroxylation is 1. The van der Waals surface area contributed by atoms with Crippen LogP contribution in [0.1, 0.15) is 15.9 Å². The van der Waals surface area contributed by atoms with Crippen LogP contribution in [-0.2, 0) is 10.0 Å². The van der Waals surface area contributed by atoms with Crippen LogP contribution in [0.2, 0.25) is 0 Å². The monoisotopic (exact) mass is 302 g/mol. The molecule has 0 atom stereocenters. The number of hydrogen-bond acceptors (Lipinski definition) is 6. The molecular formula is C12H16NO6S-. The van der Waals surface area contributed by atoms with Crippen LogP contribution in [0.25, 0.3) is 0 Å². The lowest BCUT2D eigenvalue weighted by Crippen LogP contribution is -2.36. The molecule has 0 unspecified atom stereocenters. The SMILES string of the molecule is Cc1ccc(C(=O)[O-])cc1S(=O)(=O)N(CCO)CCO. The number of carboxylic acids is 1. The Hall–Kier alpha value is -1.48. The van der Waals surface area contributed by atoms with Crippen LogP contribution in [0.15, 0.2) is 23.1 Å². The summed E-state index contributed by atoms with van der Waals surface area (Å²) < 4.78 is 25.7. The van der Waals surface area contributed by atoms with E-state index in [1.54, 1.807) is 0 Å². The lowest BCUT2D eigenvalue weighted by atomic mass is 10.1. The fourth-order valence-corrected chi connectivity index (χ4v) is 3.39. The van der Waals surface area contributed by atoms with Gasteiger partial charge >= 0.3 is 0 Å². The quantitative estimate of drug-likeness (QED) is 0.622. The second-order valence-corrected chi connectivity index (χ2v) is 6.03. The number of rotatable bonds is 7. The number of hydrogen-bond donors (Lipinski definition) is 2. The van der Waals surface area contributed by atoms with E-state index in [-0.39, 0.29) is 23.5 Å². The van der Waals surface area contributed by atoms with Gasteiger partial charge in [0.1, 0.15) is 0 Å². The highest BCUT2D eigenvalue weighted by atomic mass is 32.2. The summed E-state index contributed by atoms with van der Waals surface area (Å²) in [6.45, 7) is 0.356. The molecule has 0 aliphatic heterocycles. The van der Waals surface area contributed by atoms with Crippen molar-refractivity contribution in [2.45, 2.75) is 11.8 Å². The van der Waals surface area contributed by atoms with E-state index in [1.807, 2.05) is 0 Å². The van der Waals surface area contributed by atoms with E-state index in [4.69, 9.17) is 10.2 Å². The smallest absolute Gasteiger partial charge is 0.243 e. The molecular weight excluding hydrogens is 286 g/mol. The van der Waals surface area contributed by atoms with Crippen molar-refractivity contribution in [1.29, 1.82) is 0 Å². The summed E-state index contributed by atoms with van der Waals surface area (Å²) in [5.74, 6) is -1.47. The van der Waals surface area contributed by atoms with Crippen LogP contribution in [0, 0.1) is 6.92 Å². The summed E-state index contributed by atoms with van der Waals surface area (Å²) in [6.07, 6.45) is 0. The zero-order valence-corrected chi connectivity index (χ0v) is 11.8. The molecule has 0 saturated heterocycles. The largest absolute Gasteiger partial charge is 0.545 e. The molecule has 0 bridgehead atoms. The molecule has 1 aromatic rings. The molecule has 0 spiro atoms. The van der Waals surface area contributed by atoms with Crippen molar-refractivity contribution in [2.75, 3.05) is 26.3 Å². The highest BCUT2D eigenvalue weighted by Gasteiger charge is 2.25. The van der Waals surface area contributed by atoms with Gasteiger partial charge in [-0.1, -0.05) is 12.1 Å². The number of aliphatic hydroxyl groups excluding tert-OH is 2. The average Bonchev–Trinajstić information content (AvgIpc) is 2.38. The van der Waals surface area contributed by atoms with Crippen LogP contribution in [-0.4, -0.2) is 55.2 Å². The van der Waals surface area contributed by atoms with Gasteiger partial charge in [0.15, 0.2) is 0 Å². The highest BCUT2D eigenvalue weighted by molar-refractivity contribution is 7.89. The van der Waals surface area contributed by atoms with Crippen LogP contribution >= 0.6 is 0 Å². The molecule has 0 saturated carbocycles. The average molecular weight is 302 g/mol. The molecule has 0 fully saturated rings. The van der Waals surface area contributed by atoms with Gasteiger partial charge in [-0.25, -0.2) is 8.42 Å². The molecule has 2 N–H and O–H groups in total. The molecule has 8 heteroatoms. The predicted octanol–water partition coefficient (Wildman–Crippen LogP) is -1.67. The summed E-state index contributed by atoms with van der Waals surface area (Å²) >= 11 is 0. The molecule has 1 rings (SSSR count). The third-order valence-electron chi connectivity index (χ3n) is 2.74. The first-order chi connectivity index (χ1) is 9.34. The molecule has 0 aliphatic rings. The second-order valence-electron chi connectivity index (χ2n) is 4.12. The van der Waals surface area contributed by atoms with Crippen molar-refractivity contribution >= 4 is 16.0 Å². The van der Waals surface area contributed by atoms with E-state index < -0.39 is 29.2 Å². The minimum Gasteiger partial charge on any atom is -0.545 e. The van der Waals surface area contributed by atoms with Gasteiger partial charge in [0.2, 0.25) is 10.0 Å². The van der Waals surface area contributed by atoms with E-state index in [2.05, 4.69) is 0 Å². The Bertz CT molecular complexity index is 578. The lowest BCUT2D eigenvalue weighted by molar-refractivity contribution is -0.255. The maximum atomic E-state index is 12.4. The van der Waals surface area contributed by atoms with Gasteiger partial charge in [0.05, 0.1) is 24.1 Å². The Morgan fingerprint density at radius 2 is 1.80 bits per heavy atom. The molecule has 0 heterocycles. The van der Waals surface area contributed by atoms with Gasteiger partial charge < -0.3 is 20.1 Å². The lowest BCUT2D eigenvalue weighted by Gasteiger charge is -2.22. The molecule has 1 aromatic carbocycles. The number of carbonyl (C=O) groups excluding carboxylic acids is 1. The van der Waals surface area contributed by atoms with Crippen LogP contribution in [0.5, 0.6) is 0 Å². The Morgan fingerprint density at radius 3 is 2.25 bits per heavy atom. The number of carboxylic acid groups (broad SMARTS) is 1. The van der Waals surface area contributed by atoms with Gasteiger partial charge in [-0.15, -0.1) is 0 Å². The number of nitrogens with zero attached hydrogens (tertiary/aromatic N) is 1. The minimum atomic E-state index is -3.99. The first-order valence-corrected chi connectivity index (χ1v) is 7.32. The molecule has 0 amide bonds. The number of sulfonamides is 1. The van der Waals surface area contributed by atoms with Gasteiger partial charge in [-0.3, -0.25) is 0 Å². The van der Waals surface area contributed by atoms with Crippen LogP contribution < -0.4 is 5.11 Å². The normalized spacial score (nSPS) is 11.8. The summed E-state index contributed by atoms with van der Waals surface area (Å²) in [4.78, 5) is 10.6. The number of aromatic carboxylic acids is 1. The predicted molar refractivity (Wildman–Crippen MR) is 68.4 cm³/mol.